The van der Waals surface area contributed by atoms with Crippen LogP contribution in [0.2, 0.25) is 0 Å². The lowest BCUT2D eigenvalue weighted by Gasteiger charge is -1.95. The molecule has 0 aromatic rings. The van der Waals surface area contributed by atoms with Crippen LogP contribution in [0.15, 0.2) is 27.6 Å². The van der Waals surface area contributed by atoms with E-state index in [-0.39, 0.29) is 10.9 Å². The molecular formula is C7H11NS. The van der Waals surface area contributed by atoms with Crippen molar-refractivity contribution in [3.8, 4) is 0 Å². The van der Waals surface area contributed by atoms with Crippen molar-refractivity contribution in [2.45, 2.75) is 13.8 Å². The molecule has 1 unspecified atom stereocenters. The number of aliphatic imine (C=N–C) groups is 1. The first kappa shape index (κ1) is 6.62. The molecule has 2 heteroatoms. The first-order valence-corrected chi connectivity index (χ1v) is 4.50. The Kier molecular flexibility index (Phi) is 2.11. The highest BCUT2D eigenvalue weighted by atomic mass is 32.2. The first-order valence-electron chi connectivity index (χ1n) is 2.96. The van der Waals surface area contributed by atoms with Crippen molar-refractivity contribution in [3.05, 3.63) is 22.6 Å². The van der Waals surface area contributed by atoms with E-state index < -0.39 is 0 Å². The average molecular weight is 141 g/mol. The largest absolute Gasteiger partial charge is 0.255 e. The fraction of sp³-hybridized carbons (Fsp3) is 0.286. The highest BCUT2D eigenvalue weighted by Gasteiger charge is 1.97. The second-order valence-corrected chi connectivity index (χ2v) is 3.63. The summed E-state index contributed by atoms with van der Waals surface area (Å²) in [5, 5.41) is 4.39. The maximum absolute atomic E-state index is 4.15. The average Bonchev–Trinajstić information content (AvgIpc) is 2.17. The van der Waals surface area contributed by atoms with Gasteiger partial charge in [0.2, 0.25) is 0 Å². The Hall–Kier alpha value is -0.500. The number of thiol groups is 1. The van der Waals surface area contributed by atoms with Gasteiger partial charge < -0.3 is 0 Å². The number of hydrogen-bond donors (Lipinski definition) is 1. The third-order valence-corrected chi connectivity index (χ3v) is 2.75. The molecule has 0 spiro atoms. The van der Waals surface area contributed by atoms with Crippen molar-refractivity contribution in [2.24, 2.45) is 4.99 Å². The van der Waals surface area contributed by atoms with Gasteiger partial charge in [0.15, 0.2) is 0 Å². The van der Waals surface area contributed by atoms with Gasteiger partial charge in [-0.25, -0.2) is 0 Å². The zero-order valence-electron chi connectivity index (χ0n) is 5.70. The van der Waals surface area contributed by atoms with Crippen LogP contribution in [0.3, 0.4) is 0 Å². The predicted octanol–water partition coefficient (Wildman–Crippen LogP) is 2.42. The Balaban J connectivity index is 2.59. The molecule has 1 aliphatic heterocycles. The molecular weight excluding hydrogens is 130 g/mol. The maximum atomic E-state index is 4.15. The summed E-state index contributed by atoms with van der Waals surface area (Å²) in [4.78, 5) is 4.15. The van der Waals surface area contributed by atoms with Gasteiger partial charge in [-0.1, -0.05) is 6.08 Å². The van der Waals surface area contributed by atoms with Crippen LogP contribution in [0.1, 0.15) is 13.8 Å². The van der Waals surface area contributed by atoms with Gasteiger partial charge in [0, 0.05) is 11.2 Å². The van der Waals surface area contributed by atoms with Gasteiger partial charge in [-0.05, 0) is 24.7 Å². The Morgan fingerprint density at radius 2 is 2.44 bits per heavy atom. The van der Waals surface area contributed by atoms with Crippen molar-refractivity contribution in [2.75, 3.05) is 0 Å². The van der Waals surface area contributed by atoms with Crippen molar-refractivity contribution >= 4 is 16.4 Å². The minimum absolute atomic E-state index is 0.119. The van der Waals surface area contributed by atoms with E-state index in [1.807, 2.05) is 19.4 Å². The van der Waals surface area contributed by atoms with E-state index in [0.717, 1.165) is 5.70 Å². The molecule has 0 amide bonds. The van der Waals surface area contributed by atoms with E-state index >= 15 is 0 Å². The van der Waals surface area contributed by atoms with Crippen molar-refractivity contribution < 1.29 is 0 Å². The normalized spacial score (nSPS) is 29.6. The lowest BCUT2D eigenvalue weighted by molar-refractivity contribution is 1.35. The van der Waals surface area contributed by atoms with Crippen LogP contribution >= 0.6 is 10.9 Å². The van der Waals surface area contributed by atoms with E-state index in [2.05, 4.69) is 21.9 Å². The van der Waals surface area contributed by atoms with Crippen LogP contribution in [0.5, 0.6) is 0 Å². The van der Waals surface area contributed by atoms with Crippen LogP contribution in [-0.2, 0) is 0 Å². The summed E-state index contributed by atoms with van der Waals surface area (Å²) in [5.41, 5.74) is 3.17. The molecule has 1 atom stereocenters. The van der Waals surface area contributed by atoms with E-state index in [9.17, 15) is 0 Å². The third-order valence-electron chi connectivity index (χ3n) is 1.05. The third kappa shape index (κ3) is 1.72. The van der Waals surface area contributed by atoms with Gasteiger partial charge in [0.1, 0.15) is 0 Å². The summed E-state index contributed by atoms with van der Waals surface area (Å²) < 4.78 is 0. The van der Waals surface area contributed by atoms with Gasteiger partial charge in [-0.2, -0.15) is 10.9 Å². The molecule has 50 valence electrons. The summed E-state index contributed by atoms with van der Waals surface area (Å²) in [6.07, 6.45) is 2.08. The SMILES string of the molecule is CC=C[SH]1C=NC(C)=C1. The van der Waals surface area contributed by atoms with Gasteiger partial charge in [0.25, 0.3) is 0 Å². The second kappa shape index (κ2) is 2.87. The lowest BCUT2D eigenvalue weighted by Crippen LogP contribution is -1.61. The molecule has 0 aromatic heterocycles. The Morgan fingerprint density at radius 1 is 1.67 bits per heavy atom. The Bertz CT molecular complexity index is 177. The fourth-order valence-electron chi connectivity index (χ4n) is 0.694. The highest BCUT2D eigenvalue weighted by molar-refractivity contribution is 8.33. The molecule has 0 N–H and O–H groups in total. The quantitative estimate of drug-likeness (QED) is 0.538. The van der Waals surface area contributed by atoms with Crippen LogP contribution in [0.4, 0.5) is 0 Å². The van der Waals surface area contributed by atoms with Gasteiger partial charge in [-0.15, -0.1) is 0 Å². The number of rotatable bonds is 1. The molecule has 0 saturated heterocycles. The van der Waals surface area contributed by atoms with E-state index in [4.69, 9.17) is 0 Å². The van der Waals surface area contributed by atoms with Crippen molar-refractivity contribution in [1.82, 2.24) is 0 Å². The molecule has 9 heavy (non-hydrogen) atoms. The Labute approximate surface area is 58.5 Å². The van der Waals surface area contributed by atoms with Crippen LogP contribution in [0.25, 0.3) is 0 Å². The summed E-state index contributed by atoms with van der Waals surface area (Å²) in [6.45, 7) is 4.07. The topological polar surface area (TPSA) is 12.4 Å². The van der Waals surface area contributed by atoms with Crippen LogP contribution < -0.4 is 0 Å². The van der Waals surface area contributed by atoms with Gasteiger partial charge in [0.05, 0.1) is 0 Å². The maximum Gasteiger partial charge on any atom is 0.0474 e. The smallest absolute Gasteiger partial charge is 0.0474 e. The molecule has 1 heterocycles. The van der Waals surface area contributed by atoms with Crippen molar-refractivity contribution in [1.29, 1.82) is 0 Å². The monoisotopic (exact) mass is 141 g/mol. The second-order valence-electron chi connectivity index (χ2n) is 1.94. The van der Waals surface area contributed by atoms with Gasteiger partial charge >= 0.3 is 0 Å². The van der Waals surface area contributed by atoms with E-state index in [1.165, 1.54) is 0 Å². The number of nitrogens with zero attached hydrogens (tertiary/aromatic N) is 1. The summed E-state index contributed by atoms with van der Waals surface area (Å²) >= 11 is 0. The van der Waals surface area contributed by atoms with E-state index in [1.54, 1.807) is 0 Å². The zero-order valence-corrected chi connectivity index (χ0v) is 6.60. The highest BCUT2D eigenvalue weighted by Crippen LogP contribution is 2.31. The zero-order chi connectivity index (χ0) is 6.69. The molecule has 0 aliphatic carbocycles. The number of hydrogen-bond acceptors (Lipinski definition) is 1. The lowest BCUT2D eigenvalue weighted by atomic mass is 10.6. The van der Waals surface area contributed by atoms with Crippen LogP contribution in [0, 0.1) is 0 Å². The first-order chi connectivity index (χ1) is 4.33. The summed E-state index contributed by atoms with van der Waals surface area (Å²) in [7, 11) is -0.119. The van der Waals surface area contributed by atoms with Gasteiger partial charge in [-0.3, -0.25) is 4.99 Å². The fourth-order valence-corrected chi connectivity index (χ4v) is 2.08. The molecule has 0 radical (unpaired) electrons. The molecule has 0 saturated carbocycles. The summed E-state index contributed by atoms with van der Waals surface area (Å²) in [5.74, 6) is 0. The number of allylic oxidation sites excluding steroid dienone is 2. The molecule has 1 rings (SSSR count). The van der Waals surface area contributed by atoms with E-state index in [0.29, 0.717) is 0 Å². The van der Waals surface area contributed by atoms with Crippen LogP contribution in [-0.4, -0.2) is 5.55 Å². The molecule has 1 nitrogen and oxygen atoms in total. The molecule has 0 aromatic carbocycles. The molecule has 0 bridgehead atoms. The van der Waals surface area contributed by atoms with Crippen molar-refractivity contribution in [3.63, 3.8) is 0 Å². The molecule has 0 fully saturated rings. The minimum atomic E-state index is -0.119. The predicted molar refractivity (Wildman–Crippen MR) is 46.0 cm³/mol. The standard InChI is InChI=1S/C7H11NS/c1-3-4-9-5-7(2)8-6-9/h3-6,9H,1-2H3. The summed E-state index contributed by atoms with van der Waals surface area (Å²) in [6, 6.07) is 0. The minimum Gasteiger partial charge on any atom is -0.255 e. The Morgan fingerprint density at radius 3 is 2.89 bits per heavy atom. The molecule has 1 aliphatic rings.